The van der Waals surface area contributed by atoms with Crippen molar-refractivity contribution in [2.24, 2.45) is 34.5 Å². The molecule has 7 nitrogen and oxygen atoms in total. The standard InChI is InChI=1S/C42H57FO7/c1-27(9-7-6-8-24-46-32-13-11-31(43)12-14-32)35-16-17-36-34-15-10-30-25-33(20-22-41(30,4)37(34)21-23-42(35,36)5)49-40-19-18-38(48-29(3)45)39(50-40)26-47-28(2)44/h9-14,18-19,33-40H,6-8,15-17,20-26H2,1-5H3/b27-9+/t33-,34-,35+,36-,37-,38-,39+,40?,41-,42+/m0/s1. The summed E-state index contributed by atoms with van der Waals surface area (Å²) in [6.45, 7) is 10.9. The van der Waals surface area contributed by atoms with Crippen molar-refractivity contribution in [3.8, 4) is 5.75 Å². The van der Waals surface area contributed by atoms with E-state index in [1.807, 2.05) is 6.08 Å². The van der Waals surface area contributed by atoms with Gasteiger partial charge in [0.2, 0.25) is 0 Å². The van der Waals surface area contributed by atoms with Crippen LogP contribution in [0.2, 0.25) is 0 Å². The molecule has 0 amide bonds. The molecule has 6 rings (SSSR count). The summed E-state index contributed by atoms with van der Waals surface area (Å²) in [5.41, 5.74) is 3.72. The van der Waals surface area contributed by atoms with Gasteiger partial charge in [0.15, 0.2) is 6.29 Å². The molecule has 1 aliphatic heterocycles. The highest BCUT2D eigenvalue weighted by atomic mass is 19.1. The van der Waals surface area contributed by atoms with Crippen LogP contribution in [0.15, 0.2) is 59.7 Å². The van der Waals surface area contributed by atoms with Gasteiger partial charge in [-0.2, -0.15) is 0 Å². The highest BCUT2D eigenvalue weighted by Crippen LogP contribution is 2.67. The SMILES string of the molecule is CC(=O)OC[C@H]1OC(O[C@H]2CC[C@@]3(C)C(=CC[C@H]4[C@@H]5CC[C@H](/C(C)=C/CCCCOc6ccc(F)cc6)[C@@]5(C)CC[C@@H]43)C2)C=C[C@@H]1OC(C)=O. The van der Waals surface area contributed by atoms with Crippen LogP contribution in [0, 0.1) is 40.3 Å². The van der Waals surface area contributed by atoms with E-state index < -0.39 is 30.4 Å². The van der Waals surface area contributed by atoms with Crippen LogP contribution in [0.5, 0.6) is 5.75 Å². The van der Waals surface area contributed by atoms with E-state index >= 15 is 0 Å². The summed E-state index contributed by atoms with van der Waals surface area (Å²) in [6, 6.07) is 6.26. The summed E-state index contributed by atoms with van der Waals surface area (Å²) >= 11 is 0. The molecule has 50 heavy (non-hydrogen) atoms. The monoisotopic (exact) mass is 692 g/mol. The van der Waals surface area contributed by atoms with Crippen LogP contribution < -0.4 is 4.74 Å². The predicted octanol–water partition coefficient (Wildman–Crippen LogP) is 9.06. The Morgan fingerprint density at radius 3 is 2.52 bits per heavy atom. The number of carbonyl (C=O) groups is 2. The predicted molar refractivity (Wildman–Crippen MR) is 190 cm³/mol. The quantitative estimate of drug-likeness (QED) is 0.123. The van der Waals surface area contributed by atoms with Gasteiger partial charge in [-0.25, -0.2) is 4.39 Å². The summed E-state index contributed by atoms with van der Waals surface area (Å²) in [4.78, 5) is 23.1. The number of hydrogen-bond donors (Lipinski definition) is 0. The minimum atomic E-state index is -0.619. The van der Waals surface area contributed by atoms with Crippen molar-refractivity contribution < 1.29 is 37.7 Å². The van der Waals surface area contributed by atoms with Crippen LogP contribution in [0.25, 0.3) is 0 Å². The third-order valence-corrected chi connectivity index (χ3v) is 13.0. The molecule has 0 N–H and O–H groups in total. The second-order valence-corrected chi connectivity index (χ2v) is 16.0. The molecule has 1 unspecified atom stereocenters. The summed E-state index contributed by atoms with van der Waals surface area (Å²) in [5.74, 6) is 2.57. The van der Waals surface area contributed by atoms with Crippen LogP contribution in [-0.4, -0.2) is 49.8 Å². The molecule has 5 aliphatic rings. The lowest BCUT2D eigenvalue weighted by Gasteiger charge is -2.58. The zero-order chi connectivity index (χ0) is 35.5. The first-order chi connectivity index (χ1) is 24.0. The number of esters is 2. The fourth-order valence-electron chi connectivity index (χ4n) is 10.5. The van der Waals surface area contributed by atoms with Crippen molar-refractivity contribution in [2.75, 3.05) is 13.2 Å². The van der Waals surface area contributed by atoms with E-state index in [4.69, 9.17) is 23.7 Å². The van der Waals surface area contributed by atoms with Gasteiger partial charge in [0.05, 0.1) is 12.7 Å². The summed E-state index contributed by atoms with van der Waals surface area (Å²) in [5, 5.41) is 0. The maximum Gasteiger partial charge on any atom is 0.303 e. The topological polar surface area (TPSA) is 80.3 Å². The first-order valence-corrected chi connectivity index (χ1v) is 19.0. The van der Waals surface area contributed by atoms with Crippen LogP contribution in [-0.2, 0) is 28.5 Å². The first kappa shape index (κ1) is 36.8. The van der Waals surface area contributed by atoms with E-state index in [9.17, 15) is 14.0 Å². The van der Waals surface area contributed by atoms with Crippen molar-refractivity contribution in [1.29, 1.82) is 0 Å². The van der Waals surface area contributed by atoms with Crippen LogP contribution in [0.1, 0.15) is 105 Å². The Bertz CT molecular complexity index is 1450. The average molecular weight is 693 g/mol. The molecule has 1 heterocycles. The molecule has 1 aromatic rings. The zero-order valence-corrected chi connectivity index (χ0v) is 30.7. The van der Waals surface area contributed by atoms with Gasteiger partial charge in [-0.05, 0) is 148 Å². The van der Waals surface area contributed by atoms with Crippen molar-refractivity contribution in [3.05, 3.63) is 65.5 Å². The van der Waals surface area contributed by atoms with E-state index in [-0.39, 0.29) is 23.9 Å². The Balaban J connectivity index is 1.02. The molecule has 4 aliphatic carbocycles. The molecule has 0 aromatic heterocycles. The number of fused-ring (bicyclic) bond motifs is 5. The number of hydrogen-bond acceptors (Lipinski definition) is 7. The Kier molecular flexibility index (Phi) is 11.6. The molecular formula is C42H57FO7. The third kappa shape index (κ3) is 8.07. The van der Waals surface area contributed by atoms with E-state index in [0.717, 1.165) is 56.1 Å². The van der Waals surface area contributed by atoms with Crippen molar-refractivity contribution in [3.63, 3.8) is 0 Å². The van der Waals surface area contributed by atoms with Crippen molar-refractivity contribution in [1.82, 2.24) is 0 Å². The molecule has 8 heteroatoms. The lowest BCUT2D eigenvalue weighted by atomic mass is 9.47. The molecule has 3 saturated carbocycles. The minimum absolute atomic E-state index is 0.000162. The molecular weight excluding hydrogens is 635 g/mol. The summed E-state index contributed by atoms with van der Waals surface area (Å²) < 4.78 is 42.2. The van der Waals surface area contributed by atoms with Gasteiger partial charge in [0.25, 0.3) is 0 Å². The van der Waals surface area contributed by atoms with Crippen LogP contribution >= 0.6 is 0 Å². The van der Waals surface area contributed by atoms with E-state index in [1.165, 1.54) is 58.1 Å². The second-order valence-electron chi connectivity index (χ2n) is 16.0. The van der Waals surface area contributed by atoms with Crippen LogP contribution in [0.3, 0.4) is 0 Å². The molecule has 0 radical (unpaired) electrons. The average Bonchev–Trinajstić information content (AvgIpc) is 3.44. The van der Waals surface area contributed by atoms with Gasteiger partial charge >= 0.3 is 11.9 Å². The number of ether oxygens (including phenoxy) is 5. The number of benzene rings is 1. The largest absolute Gasteiger partial charge is 0.494 e. The second kappa shape index (κ2) is 15.7. The smallest absolute Gasteiger partial charge is 0.303 e. The number of unbranched alkanes of at least 4 members (excludes halogenated alkanes) is 2. The van der Waals surface area contributed by atoms with Crippen molar-refractivity contribution in [2.45, 2.75) is 130 Å². The highest BCUT2D eigenvalue weighted by Gasteiger charge is 2.58. The van der Waals surface area contributed by atoms with Crippen LogP contribution in [0.4, 0.5) is 4.39 Å². The number of allylic oxidation sites excluding steroid dienone is 3. The molecule has 10 atom stereocenters. The Labute approximate surface area is 298 Å². The van der Waals surface area contributed by atoms with Crippen molar-refractivity contribution >= 4 is 11.9 Å². The first-order valence-electron chi connectivity index (χ1n) is 19.0. The maximum atomic E-state index is 13.1. The van der Waals surface area contributed by atoms with Gasteiger partial charge in [0.1, 0.15) is 30.4 Å². The molecule has 1 aromatic carbocycles. The summed E-state index contributed by atoms with van der Waals surface area (Å²) in [6.07, 6.45) is 19.5. The third-order valence-electron chi connectivity index (χ3n) is 13.0. The van der Waals surface area contributed by atoms with E-state index in [0.29, 0.717) is 23.9 Å². The van der Waals surface area contributed by atoms with Gasteiger partial charge in [0, 0.05) is 13.8 Å². The van der Waals surface area contributed by atoms with Gasteiger partial charge < -0.3 is 23.7 Å². The number of rotatable bonds is 12. The number of halogens is 1. The Hall–Kier alpha value is -2.97. The molecule has 0 bridgehead atoms. The highest BCUT2D eigenvalue weighted by molar-refractivity contribution is 5.67. The van der Waals surface area contributed by atoms with Gasteiger partial charge in [-0.1, -0.05) is 37.1 Å². The molecule has 3 fully saturated rings. The maximum absolute atomic E-state index is 13.1. The Morgan fingerprint density at radius 1 is 0.960 bits per heavy atom. The van der Waals surface area contributed by atoms with E-state index in [1.54, 1.807) is 29.4 Å². The minimum Gasteiger partial charge on any atom is -0.494 e. The lowest BCUT2D eigenvalue weighted by molar-refractivity contribution is -0.213. The molecule has 0 spiro atoms. The number of carbonyl (C=O) groups excluding carboxylic acids is 2. The van der Waals surface area contributed by atoms with E-state index in [2.05, 4.69) is 32.9 Å². The van der Waals surface area contributed by atoms with Gasteiger partial charge in [-0.3, -0.25) is 9.59 Å². The fraction of sp³-hybridized carbons (Fsp3) is 0.667. The molecule has 0 saturated heterocycles. The Morgan fingerprint density at radius 2 is 1.76 bits per heavy atom. The fourth-order valence-corrected chi connectivity index (χ4v) is 10.5. The molecule has 274 valence electrons. The zero-order valence-electron chi connectivity index (χ0n) is 30.7. The van der Waals surface area contributed by atoms with Gasteiger partial charge in [-0.15, -0.1) is 0 Å². The lowest BCUT2D eigenvalue weighted by Crippen LogP contribution is -2.51. The summed E-state index contributed by atoms with van der Waals surface area (Å²) in [7, 11) is 0. The normalized spacial score (nSPS) is 36.4.